The molecule has 1 aromatic rings. The number of likely N-dealkylation sites (tertiary alicyclic amines) is 1. The molecule has 1 aliphatic heterocycles. The van der Waals surface area contributed by atoms with Crippen LogP contribution in [0.3, 0.4) is 0 Å². The van der Waals surface area contributed by atoms with E-state index in [0.29, 0.717) is 12.8 Å². The number of piperidine rings is 1. The van der Waals surface area contributed by atoms with Crippen molar-refractivity contribution in [1.29, 1.82) is 0 Å². The van der Waals surface area contributed by atoms with Crippen molar-refractivity contribution in [3.8, 4) is 5.75 Å². The topological polar surface area (TPSA) is 89.9 Å². The quantitative estimate of drug-likeness (QED) is 0.731. The fourth-order valence-corrected chi connectivity index (χ4v) is 2.46. The number of phenols is 1. The standard InChI is InChI=1S/C14H16F2N2O4/c1-7-2-3-8(6-18(7)14(21)22)13(20)17-10-5-4-9(15)11(16)12(10)19/h4-5,7-8,19H,2-3,6H2,1H3,(H,17,20)(H,21,22)/t7-,8-/m1/s1. The number of amides is 2. The summed E-state index contributed by atoms with van der Waals surface area (Å²) in [5.74, 6) is -4.80. The van der Waals surface area contributed by atoms with Gasteiger partial charge in [0.1, 0.15) is 0 Å². The number of benzene rings is 1. The van der Waals surface area contributed by atoms with Crippen LogP contribution in [0.25, 0.3) is 0 Å². The molecule has 3 N–H and O–H groups in total. The Morgan fingerprint density at radius 1 is 1.32 bits per heavy atom. The van der Waals surface area contributed by atoms with Crippen LogP contribution in [-0.4, -0.2) is 39.7 Å². The van der Waals surface area contributed by atoms with Gasteiger partial charge in [-0.2, -0.15) is 4.39 Å². The average Bonchev–Trinajstić information content (AvgIpc) is 2.48. The molecule has 0 unspecified atom stereocenters. The molecular weight excluding hydrogens is 298 g/mol. The zero-order valence-electron chi connectivity index (χ0n) is 11.8. The lowest BCUT2D eigenvalue weighted by Crippen LogP contribution is -2.47. The van der Waals surface area contributed by atoms with Crippen LogP contribution in [0.2, 0.25) is 0 Å². The molecule has 1 aliphatic rings. The SMILES string of the molecule is C[C@@H]1CC[C@@H](C(=O)Nc2ccc(F)c(F)c2O)CN1C(=O)O. The summed E-state index contributed by atoms with van der Waals surface area (Å²) >= 11 is 0. The first-order chi connectivity index (χ1) is 10.3. The first-order valence-corrected chi connectivity index (χ1v) is 6.78. The molecule has 1 fully saturated rings. The number of nitrogens with zero attached hydrogens (tertiary/aromatic N) is 1. The average molecular weight is 314 g/mol. The molecule has 2 atom stereocenters. The van der Waals surface area contributed by atoms with Crippen molar-refractivity contribution >= 4 is 17.7 Å². The van der Waals surface area contributed by atoms with Crippen LogP contribution in [0.4, 0.5) is 19.3 Å². The molecule has 0 radical (unpaired) electrons. The molecule has 2 rings (SSSR count). The molecule has 0 aliphatic carbocycles. The molecule has 6 nitrogen and oxygen atoms in total. The highest BCUT2D eigenvalue weighted by atomic mass is 19.2. The lowest BCUT2D eigenvalue weighted by atomic mass is 9.93. The molecule has 1 heterocycles. The van der Waals surface area contributed by atoms with Crippen molar-refractivity contribution in [1.82, 2.24) is 4.90 Å². The summed E-state index contributed by atoms with van der Waals surface area (Å²) < 4.78 is 26.2. The number of rotatable bonds is 2. The summed E-state index contributed by atoms with van der Waals surface area (Å²) in [6, 6.07) is 1.65. The highest BCUT2D eigenvalue weighted by molar-refractivity contribution is 5.94. The van der Waals surface area contributed by atoms with Gasteiger partial charge in [0.05, 0.1) is 11.6 Å². The van der Waals surface area contributed by atoms with Crippen LogP contribution in [0, 0.1) is 17.6 Å². The van der Waals surface area contributed by atoms with Gasteiger partial charge in [-0.25, -0.2) is 9.18 Å². The molecule has 22 heavy (non-hydrogen) atoms. The van der Waals surface area contributed by atoms with Gasteiger partial charge in [-0.1, -0.05) is 0 Å². The summed E-state index contributed by atoms with van der Waals surface area (Å²) in [5.41, 5.74) is -0.246. The van der Waals surface area contributed by atoms with Crippen molar-refractivity contribution in [2.75, 3.05) is 11.9 Å². The normalized spacial score (nSPS) is 21.5. The van der Waals surface area contributed by atoms with E-state index in [9.17, 15) is 23.5 Å². The lowest BCUT2D eigenvalue weighted by molar-refractivity contribution is -0.121. The number of hydrogen-bond acceptors (Lipinski definition) is 3. The lowest BCUT2D eigenvalue weighted by Gasteiger charge is -2.35. The van der Waals surface area contributed by atoms with Gasteiger partial charge in [-0.05, 0) is 31.9 Å². The van der Waals surface area contributed by atoms with E-state index in [1.807, 2.05) is 0 Å². The largest absolute Gasteiger partial charge is 0.503 e. The molecular formula is C14H16F2N2O4. The zero-order chi connectivity index (χ0) is 16.4. The molecule has 2 amide bonds. The predicted octanol–water partition coefficient (Wildman–Crippen LogP) is 2.39. The number of carbonyl (C=O) groups is 2. The van der Waals surface area contributed by atoms with Gasteiger partial charge in [0.2, 0.25) is 11.7 Å². The molecule has 120 valence electrons. The van der Waals surface area contributed by atoms with Gasteiger partial charge >= 0.3 is 6.09 Å². The van der Waals surface area contributed by atoms with E-state index < -0.39 is 35.3 Å². The third-order valence-electron chi connectivity index (χ3n) is 3.83. The summed E-state index contributed by atoms with van der Waals surface area (Å²) in [4.78, 5) is 24.4. The Labute approximate surface area is 125 Å². The summed E-state index contributed by atoms with van der Waals surface area (Å²) in [6.45, 7) is 1.77. The second kappa shape index (κ2) is 6.17. The molecule has 8 heteroatoms. The molecule has 1 saturated heterocycles. The number of aromatic hydroxyl groups is 1. The number of carbonyl (C=O) groups excluding carboxylic acids is 1. The van der Waals surface area contributed by atoms with Gasteiger partial charge in [0.25, 0.3) is 0 Å². The van der Waals surface area contributed by atoms with Crippen molar-refractivity contribution in [2.24, 2.45) is 5.92 Å². The minimum Gasteiger partial charge on any atom is -0.503 e. The Morgan fingerprint density at radius 3 is 2.64 bits per heavy atom. The molecule has 0 bridgehead atoms. The van der Waals surface area contributed by atoms with Crippen molar-refractivity contribution < 1.29 is 28.6 Å². The molecule has 0 spiro atoms. The molecule has 1 aromatic carbocycles. The van der Waals surface area contributed by atoms with Crippen molar-refractivity contribution in [2.45, 2.75) is 25.8 Å². The minimum atomic E-state index is -1.44. The van der Waals surface area contributed by atoms with E-state index in [1.54, 1.807) is 6.92 Å². The number of anilines is 1. The third-order valence-corrected chi connectivity index (χ3v) is 3.83. The maximum atomic E-state index is 13.2. The Bertz CT molecular complexity index is 609. The summed E-state index contributed by atoms with van der Waals surface area (Å²) in [6.07, 6.45) is -0.115. The van der Waals surface area contributed by atoms with Gasteiger partial charge in [0.15, 0.2) is 11.6 Å². The Kier molecular flexibility index (Phi) is 4.48. The van der Waals surface area contributed by atoms with Gasteiger partial charge < -0.3 is 20.4 Å². The first-order valence-electron chi connectivity index (χ1n) is 6.78. The minimum absolute atomic E-state index is 0.0206. The fourth-order valence-electron chi connectivity index (χ4n) is 2.46. The van der Waals surface area contributed by atoms with Crippen molar-refractivity contribution in [3.63, 3.8) is 0 Å². The Morgan fingerprint density at radius 2 is 2.00 bits per heavy atom. The zero-order valence-corrected chi connectivity index (χ0v) is 11.8. The second-order valence-corrected chi connectivity index (χ2v) is 5.31. The molecule has 0 aromatic heterocycles. The Balaban J connectivity index is 2.10. The number of halogens is 2. The molecule has 0 saturated carbocycles. The van der Waals surface area contributed by atoms with Gasteiger partial charge in [-0.15, -0.1) is 0 Å². The van der Waals surface area contributed by atoms with Crippen LogP contribution in [0.1, 0.15) is 19.8 Å². The van der Waals surface area contributed by atoms with E-state index in [2.05, 4.69) is 5.32 Å². The predicted molar refractivity (Wildman–Crippen MR) is 73.6 cm³/mol. The monoisotopic (exact) mass is 314 g/mol. The second-order valence-electron chi connectivity index (χ2n) is 5.31. The Hall–Kier alpha value is -2.38. The fraction of sp³-hybridized carbons (Fsp3) is 0.429. The summed E-state index contributed by atoms with van der Waals surface area (Å²) in [5, 5.41) is 20.9. The number of phenolic OH excluding ortho intramolecular Hbond substituents is 1. The van der Waals surface area contributed by atoms with Crippen LogP contribution >= 0.6 is 0 Å². The van der Waals surface area contributed by atoms with Crippen LogP contribution in [0.5, 0.6) is 5.75 Å². The maximum absolute atomic E-state index is 13.2. The van der Waals surface area contributed by atoms with E-state index in [1.165, 1.54) is 4.90 Å². The summed E-state index contributed by atoms with van der Waals surface area (Å²) in [7, 11) is 0. The van der Waals surface area contributed by atoms with Gasteiger partial charge in [-0.3, -0.25) is 4.79 Å². The van der Waals surface area contributed by atoms with Crippen LogP contribution in [-0.2, 0) is 4.79 Å². The van der Waals surface area contributed by atoms with Gasteiger partial charge in [0, 0.05) is 12.6 Å². The number of hydrogen-bond donors (Lipinski definition) is 3. The van der Waals surface area contributed by atoms with Crippen LogP contribution < -0.4 is 5.32 Å². The van der Waals surface area contributed by atoms with E-state index in [-0.39, 0.29) is 18.3 Å². The number of nitrogens with one attached hydrogen (secondary N) is 1. The van der Waals surface area contributed by atoms with Crippen molar-refractivity contribution in [3.05, 3.63) is 23.8 Å². The van der Waals surface area contributed by atoms with Crippen LogP contribution in [0.15, 0.2) is 12.1 Å². The first kappa shape index (κ1) is 16.0. The van der Waals surface area contributed by atoms with E-state index in [4.69, 9.17) is 5.11 Å². The third kappa shape index (κ3) is 3.10. The smallest absolute Gasteiger partial charge is 0.407 e. The van der Waals surface area contributed by atoms with E-state index >= 15 is 0 Å². The number of carboxylic acid groups (broad SMARTS) is 1. The van der Waals surface area contributed by atoms with E-state index in [0.717, 1.165) is 12.1 Å². The highest BCUT2D eigenvalue weighted by Crippen LogP contribution is 2.30. The highest BCUT2D eigenvalue weighted by Gasteiger charge is 2.33. The maximum Gasteiger partial charge on any atom is 0.407 e.